The fourth-order valence-corrected chi connectivity index (χ4v) is 1.66. The standard InChI is InChI=1S/C17H37NO5/c1-4-17(3)16-18-6-7-20-10-11-22-14-15-23-13-12-21-9-8-19-5-2/h17-18H,4-16H2,1-3H3. The second-order valence-electron chi connectivity index (χ2n) is 5.36. The molecule has 0 saturated heterocycles. The first kappa shape index (κ1) is 22.8. The first-order valence-corrected chi connectivity index (χ1v) is 8.90. The molecule has 0 radical (unpaired) electrons. The maximum absolute atomic E-state index is 5.48. The van der Waals surface area contributed by atoms with Crippen LogP contribution in [0.15, 0.2) is 0 Å². The summed E-state index contributed by atoms with van der Waals surface area (Å²) in [5, 5.41) is 3.38. The van der Waals surface area contributed by atoms with E-state index in [0.29, 0.717) is 52.9 Å². The molecule has 1 unspecified atom stereocenters. The highest BCUT2D eigenvalue weighted by Gasteiger charge is 1.97. The van der Waals surface area contributed by atoms with E-state index in [1.807, 2.05) is 6.92 Å². The lowest BCUT2D eigenvalue weighted by Crippen LogP contribution is -2.25. The Kier molecular flexibility index (Phi) is 19.6. The third-order valence-electron chi connectivity index (χ3n) is 3.31. The molecule has 0 amide bonds. The van der Waals surface area contributed by atoms with Gasteiger partial charge in [0.05, 0.1) is 59.5 Å². The summed E-state index contributed by atoms with van der Waals surface area (Å²) in [5.74, 6) is 0.730. The number of ether oxygens (including phenoxy) is 5. The Morgan fingerprint density at radius 1 is 0.652 bits per heavy atom. The zero-order chi connectivity index (χ0) is 17.0. The van der Waals surface area contributed by atoms with Crippen molar-refractivity contribution in [3.05, 3.63) is 0 Å². The molecular weight excluding hydrogens is 298 g/mol. The van der Waals surface area contributed by atoms with Gasteiger partial charge in [0.2, 0.25) is 0 Å². The van der Waals surface area contributed by atoms with Crippen LogP contribution in [0.3, 0.4) is 0 Å². The summed E-state index contributed by atoms with van der Waals surface area (Å²) in [6.07, 6.45) is 1.21. The lowest BCUT2D eigenvalue weighted by molar-refractivity contribution is -0.00997. The average Bonchev–Trinajstić information content (AvgIpc) is 2.57. The lowest BCUT2D eigenvalue weighted by atomic mass is 10.1. The Bertz CT molecular complexity index is 219. The van der Waals surface area contributed by atoms with Crippen molar-refractivity contribution in [3.63, 3.8) is 0 Å². The van der Waals surface area contributed by atoms with Gasteiger partial charge in [0, 0.05) is 13.2 Å². The van der Waals surface area contributed by atoms with E-state index in [2.05, 4.69) is 19.2 Å². The molecule has 0 aromatic rings. The summed E-state index contributed by atoms with van der Waals surface area (Å²) in [6.45, 7) is 14.7. The number of nitrogens with one attached hydrogen (secondary N) is 1. The first-order chi connectivity index (χ1) is 11.3. The minimum atomic E-state index is 0.589. The summed E-state index contributed by atoms with van der Waals surface area (Å²) in [4.78, 5) is 0. The highest BCUT2D eigenvalue weighted by atomic mass is 16.6. The first-order valence-electron chi connectivity index (χ1n) is 8.90. The van der Waals surface area contributed by atoms with E-state index in [4.69, 9.17) is 23.7 Å². The molecule has 6 heteroatoms. The third-order valence-corrected chi connectivity index (χ3v) is 3.31. The highest BCUT2D eigenvalue weighted by molar-refractivity contribution is 4.53. The van der Waals surface area contributed by atoms with Crippen LogP contribution in [0, 0.1) is 5.92 Å². The zero-order valence-corrected chi connectivity index (χ0v) is 15.3. The number of rotatable bonds is 19. The molecule has 0 aliphatic carbocycles. The van der Waals surface area contributed by atoms with Crippen molar-refractivity contribution in [1.82, 2.24) is 5.32 Å². The molecule has 0 bridgehead atoms. The Hall–Kier alpha value is -0.240. The van der Waals surface area contributed by atoms with E-state index in [1.165, 1.54) is 6.42 Å². The van der Waals surface area contributed by atoms with Gasteiger partial charge in [-0.3, -0.25) is 0 Å². The van der Waals surface area contributed by atoms with Crippen molar-refractivity contribution >= 4 is 0 Å². The number of hydrogen-bond acceptors (Lipinski definition) is 6. The van der Waals surface area contributed by atoms with Crippen LogP contribution in [0.4, 0.5) is 0 Å². The van der Waals surface area contributed by atoms with E-state index in [9.17, 15) is 0 Å². The molecule has 0 heterocycles. The molecule has 0 spiro atoms. The Morgan fingerprint density at radius 3 is 1.52 bits per heavy atom. The predicted molar refractivity (Wildman–Crippen MR) is 92.1 cm³/mol. The van der Waals surface area contributed by atoms with Gasteiger partial charge in [-0.1, -0.05) is 20.3 Å². The molecule has 0 fully saturated rings. The molecule has 1 atom stereocenters. The van der Waals surface area contributed by atoms with Gasteiger partial charge in [-0.2, -0.15) is 0 Å². The minimum absolute atomic E-state index is 0.589. The molecule has 0 aromatic heterocycles. The van der Waals surface area contributed by atoms with Crippen LogP contribution < -0.4 is 5.32 Å². The second-order valence-corrected chi connectivity index (χ2v) is 5.36. The minimum Gasteiger partial charge on any atom is -0.379 e. The van der Waals surface area contributed by atoms with Crippen molar-refractivity contribution in [2.45, 2.75) is 27.2 Å². The maximum atomic E-state index is 5.48. The fraction of sp³-hybridized carbons (Fsp3) is 1.00. The van der Waals surface area contributed by atoms with Crippen molar-refractivity contribution in [2.75, 3.05) is 79.2 Å². The van der Waals surface area contributed by atoms with Gasteiger partial charge in [0.1, 0.15) is 0 Å². The number of hydrogen-bond donors (Lipinski definition) is 1. The average molecular weight is 335 g/mol. The quantitative estimate of drug-likeness (QED) is 0.363. The van der Waals surface area contributed by atoms with Gasteiger partial charge in [-0.25, -0.2) is 0 Å². The van der Waals surface area contributed by atoms with Crippen molar-refractivity contribution in [2.24, 2.45) is 5.92 Å². The molecular formula is C17H37NO5. The van der Waals surface area contributed by atoms with E-state index >= 15 is 0 Å². The fourth-order valence-electron chi connectivity index (χ4n) is 1.66. The van der Waals surface area contributed by atoms with Crippen LogP contribution in [0.25, 0.3) is 0 Å². The van der Waals surface area contributed by atoms with Crippen LogP contribution in [0.5, 0.6) is 0 Å². The summed E-state index contributed by atoms with van der Waals surface area (Å²) in [5.41, 5.74) is 0. The second kappa shape index (κ2) is 19.8. The van der Waals surface area contributed by atoms with Crippen LogP contribution in [-0.4, -0.2) is 79.2 Å². The van der Waals surface area contributed by atoms with E-state index < -0.39 is 0 Å². The van der Waals surface area contributed by atoms with Crippen LogP contribution in [-0.2, 0) is 23.7 Å². The molecule has 140 valence electrons. The molecule has 0 saturated carbocycles. The molecule has 6 nitrogen and oxygen atoms in total. The smallest absolute Gasteiger partial charge is 0.0701 e. The Balaban J connectivity index is 2.97. The topological polar surface area (TPSA) is 58.2 Å². The normalized spacial score (nSPS) is 12.7. The maximum Gasteiger partial charge on any atom is 0.0701 e. The molecule has 0 aromatic carbocycles. The lowest BCUT2D eigenvalue weighted by Gasteiger charge is -2.10. The van der Waals surface area contributed by atoms with Crippen LogP contribution in [0.2, 0.25) is 0 Å². The Labute approximate surface area is 142 Å². The van der Waals surface area contributed by atoms with E-state index in [0.717, 1.165) is 32.2 Å². The SMILES string of the molecule is CCOCCOCCOCCOCCOCCNCC(C)CC. The Morgan fingerprint density at radius 2 is 1.09 bits per heavy atom. The summed E-state index contributed by atoms with van der Waals surface area (Å²) in [7, 11) is 0. The monoisotopic (exact) mass is 335 g/mol. The van der Waals surface area contributed by atoms with Crippen molar-refractivity contribution in [3.8, 4) is 0 Å². The highest BCUT2D eigenvalue weighted by Crippen LogP contribution is 1.96. The van der Waals surface area contributed by atoms with Gasteiger partial charge in [0.15, 0.2) is 0 Å². The predicted octanol–water partition coefficient (Wildman–Crippen LogP) is 1.73. The van der Waals surface area contributed by atoms with Gasteiger partial charge in [-0.15, -0.1) is 0 Å². The molecule has 0 rings (SSSR count). The van der Waals surface area contributed by atoms with Crippen molar-refractivity contribution < 1.29 is 23.7 Å². The van der Waals surface area contributed by atoms with Crippen molar-refractivity contribution in [1.29, 1.82) is 0 Å². The van der Waals surface area contributed by atoms with E-state index in [-0.39, 0.29) is 0 Å². The molecule has 0 aliphatic rings. The van der Waals surface area contributed by atoms with Crippen LogP contribution >= 0.6 is 0 Å². The summed E-state index contributed by atoms with van der Waals surface area (Å²) >= 11 is 0. The van der Waals surface area contributed by atoms with Gasteiger partial charge >= 0.3 is 0 Å². The molecule has 0 aliphatic heterocycles. The van der Waals surface area contributed by atoms with Gasteiger partial charge in [-0.05, 0) is 19.4 Å². The summed E-state index contributed by atoms with van der Waals surface area (Å²) in [6, 6.07) is 0. The van der Waals surface area contributed by atoms with Gasteiger partial charge in [0.25, 0.3) is 0 Å². The molecule has 23 heavy (non-hydrogen) atoms. The zero-order valence-electron chi connectivity index (χ0n) is 15.3. The van der Waals surface area contributed by atoms with Crippen LogP contribution in [0.1, 0.15) is 27.2 Å². The van der Waals surface area contributed by atoms with E-state index in [1.54, 1.807) is 0 Å². The molecule has 1 N–H and O–H groups in total. The summed E-state index contributed by atoms with van der Waals surface area (Å²) < 4.78 is 26.8. The van der Waals surface area contributed by atoms with Gasteiger partial charge < -0.3 is 29.0 Å². The third kappa shape index (κ3) is 19.7. The largest absolute Gasteiger partial charge is 0.379 e.